The molecule has 0 fully saturated rings. The fourth-order valence-corrected chi connectivity index (χ4v) is 0.973. The van der Waals surface area contributed by atoms with E-state index < -0.39 is 23.1 Å². The lowest BCUT2D eigenvalue weighted by molar-refractivity contribution is -0.340. The Balaban J connectivity index is 4.44. The van der Waals surface area contributed by atoms with Crippen LogP contribution in [0.3, 0.4) is 0 Å². The zero-order chi connectivity index (χ0) is 13.0. The van der Waals surface area contributed by atoms with Gasteiger partial charge in [0.05, 0.1) is 0 Å². The molecule has 0 aromatic carbocycles. The first-order valence-electron chi connectivity index (χ1n) is 4.89. The van der Waals surface area contributed by atoms with E-state index in [1.54, 1.807) is 27.7 Å². The molecule has 0 aromatic rings. The lowest BCUT2D eigenvalue weighted by atomic mass is 9.74. The van der Waals surface area contributed by atoms with E-state index in [0.29, 0.717) is 6.42 Å². The molecule has 0 aliphatic heterocycles. The zero-order valence-electron chi connectivity index (χ0n) is 9.94. The van der Waals surface area contributed by atoms with Crippen molar-refractivity contribution in [3.8, 4) is 0 Å². The van der Waals surface area contributed by atoms with Crippen LogP contribution in [0.1, 0.15) is 40.5 Å². The Hall–Kier alpha value is -1.30. The van der Waals surface area contributed by atoms with Gasteiger partial charge in [-0.2, -0.15) is 4.89 Å². The van der Waals surface area contributed by atoms with Crippen molar-refractivity contribution in [1.29, 1.82) is 0 Å². The van der Waals surface area contributed by atoms with E-state index in [4.69, 9.17) is 15.1 Å². The summed E-state index contributed by atoms with van der Waals surface area (Å²) in [6.45, 7) is 6.89. The van der Waals surface area contributed by atoms with Gasteiger partial charge in [-0.3, -0.25) is 9.68 Å². The van der Waals surface area contributed by atoms with Gasteiger partial charge in [0.1, 0.15) is 5.60 Å². The van der Waals surface area contributed by atoms with Gasteiger partial charge in [0, 0.05) is 6.42 Å². The lowest BCUT2D eigenvalue weighted by Gasteiger charge is -2.38. The number of hydrogen-bond donors (Lipinski definition) is 2. The minimum absolute atomic E-state index is 0.00708. The Kier molecular flexibility index (Phi) is 4.74. The van der Waals surface area contributed by atoms with Crippen LogP contribution in [0.2, 0.25) is 0 Å². The molecule has 0 saturated heterocycles. The second-order valence-corrected chi connectivity index (χ2v) is 4.72. The van der Waals surface area contributed by atoms with Crippen molar-refractivity contribution in [2.45, 2.75) is 46.1 Å². The van der Waals surface area contributed by atoms with E-state index in [-0.39, 0.29) is 6.42 Å². The predicted molar refractivity (Wildman–Crippen MR) is 54.9 cm³/mol. The summed E-state index contributed by atoms with van der Waals surface area (Å²) in [4.78, 5) is 29.5. The molecule has 0 spiro atoms. The van der Waals surface area contributed by atoms with E-state index in [0.717, 1.165) is 0 Å². The third-order valence-electron chi connectivity index (χ3n) is 2.92. The molecular formula is C10H18O6. The van der Waals surface area contributed by atoms with Gasteiger partial charge in [0.15, 0.2) is 0 Å². The number of carboxylic acid groups (broad SMARTS) is 2. The molecule has 0 radical (unpaired) electrons. The highest BCUT2D eigenvalue weighted by Crippen LogP contribution is 2.38. The minimum Gasteiger partial charge on any atom is -0.481 e. The number of rotatable bonds is 6. The molecule has 0 amide bonds. The van der Waals surface area contributed by atoms with Crippen molar-refractivity contribution in [2.75, 3.05) is 0 Å². The molecule has 0 heterocycles. The highest BCUT2D eigenvalue weighted by Gasteiger charge is 2.40. The van der Waals surface area contributed by atoms with E-state index >= 15 is 0 Å². The first kappa shape index (κ1) is 14.7. The fourth-order valence-electron chi connectivity index (χ4n) is 0.973. The Labute approximate surface area is 94.1 Å². The predicted octanol–water partition coefficient (Wildman–Crippen LogP) is 2.28. The van der Waals surface area contributed by atoms with E-state index in [1.165, 1.54) is 0 Å². The summed E-state index contributed by atoms with van der Waals surface area (Å²) in [6.07, 6.45) is -1.17. The van der Waals surface area contributed by atoms with Crippen LogP contribution < -0.4 is 0 Å². The van der Waals surface area contributed by atoms with Gasteiger partial charge in [0.25, 0.3) is 0 Å². The Morgan fingerprint density at radius 2 is 1.62 bits per heavy atom. The monoisotopic (exact) mass is 234 g/mol. The molecule has 2 N–H and O–H groups in total. The molecule has 0 aliphatic rings. The minimum atomic E-state index is -1.53. The summed E-state index contributed by atoms with van der Waals surface area (Å²) in [5.41, 5.74) is -1.43. The molecule has 94 valence electrons. The molecule has 0 unspecified atom stereocenters. The second-order valence-electron chi connectivity index (χ2n) is 4.72. The normalized spacial score (nSPS) is 12.2. The topological polar surface area (TPSA) is 93.1 Å². The van der Waals surface area contributed by atoms with Crippen LogP contribution >= 0.6 is 0 Å². The first-order chi connectivity index (χ1) is 7.08. The van der Waals surface area contributed by atoms with Gasteiger partial charge in [-0.25, -0.2) is 4.79 Å². The molecule has 0 saturated carbocycles. The van der Waals surface area contributed by atoms with Gasteiger partial charge >= 0.3 is 12.1 Å². The molecule has 0 rings (SSSR count). The summed E-state index contributed by atoms with van der Waals surface area (Å²) in [6, 6.07) is 0. The highest BCUT2D eigenvalue weighted by atomic mass is 17.2. The van der Waals surface area contributed by atoms with Crippen LogP contribution in [0.25, 0.3) is 0 Å². The summed E-state index contributed by atoms with van der Waals surface area (Å²) in [5.74, 6) is -0.900. The third-order valence-corrected chi connectivity index (χ3v) is 2.92. The molecule has 6 nitrogen and oxygen atoms in total. The smallest absolute Gasteiger partial charge is 0.481 e. The third kappa shape index (κ3) is 4.48. The lowest BCUT2D eigenvalue weighted by Crippen LogP contribution is -2.42. The zero-order valence-corrected chi connectivity index (χ0v) is 9.94. The molecule has 0 atom stereocenters. The summed E-state index contributed by atoms with van der Waals surface area (Å²) < 4.78 is 0. The molecular weight excluding hydrogens is 216 g/mol. The fraction of sp³-hybridized carbons (Fsp3) is 0.800. The molecule has 0 aliphatic carbocycles. The maximum absolute atomic E-state index is 10.5. The van der Waals surface area contributed by atoms with Crippen molar-refractivity contribution in [3.63, 3.8) is 0 Å². The van der Waals surface area contributed by atoms with Crippen LogP contribution in [0, 0.1) is 5.41 Å². The van der Waals surface area contributed by atoms with E-state index in [2.05, 4.69) is 4.89 Å². The number of hydrogen-bond acceptors (Lipinski definition) is 4. The molecule has 16 heavy (non-hydrogen) atoms. The number of carboxylic acids is 1. The van der Waals surface area contributed by atoms with Crippen molar-refractivity contribution in [2.24, 2.45) is 5.41 Å². The Morgan fingerprint density at radius 3 is 2.00 bits per heavy atom. The Bertz CT molecular complexity index is 240. The maximum Gasteiger partial charge on any atom is 0.537 e. The SMILES string of the molecule is CC(C)(CCC(=O)O)C(C)(C)OOC(=O)O. The standard InChI is InChI=1S/C10H18O6/c1-9(2,6-5-7(11)12)10(3,4)16-15-8(13)14/h5-6H2,1-4H3,(H,11,12)(H,13,14). The van der Waals surface area contributed by atoms with Gasteiger partial charge in [-0.05, 0) is 25.7 Å². The number of aliphatic carboxylic acids is 1. The molecule has 0 aromatic heterocycles. The average molecular weight is 234 g/mol. The van der Waals surface area contributed by atoms with Crippen molar-refractivity contribution in [3.05, 3.63) is 0 Å². The summed E-state index contributed by atoms with van der Waals surface area (Å²) in [5, 5.41) is 16.9. The average Bonchev–Trinajstić information content (AvgIpc) is 2.11. The summed E-state index contributed by atoms with van der Waals surface area (Å²) in [7, 11) is 0. The van der Waals surface area contributed by atoms with Gasteiger partial charge in [-0.15, -0.1) is 0 Å². The van der Waals surface area contributed by atoms with Crippen LogP contribution in [0.5, 0.6) is 0 Å². The number of carbonyl (C=O) groups is 2. The second kappa shape index (κ2) is 5.16. The largest absolute Gasteiger partial charge is 0.537 e. The van der Waals surface area contributed by atoms with E-state index in [1.807, 2.05) is 0 Å². The first-order valence-corrected chi connectivity index (χ1v) is 4.89. The quantitative estimate of drug-likeness (QED) is 0.541. The van der Waals surface area contributed by atoms with Crippen LogP contribution in [-0.2, 0) is 14.6 Å². The van der Waals surface area contributed by atoms with Gasteiger partial charge < -0.3 is 10.2 Å². The van der Waals surface area contributed by atoms with Crippen LogP contribution in [0.4, 0.5) is 4.79 Å². The Morgan fingerprint density at radius 1 is 1.12 bits per heavy atom. The molecule has 6 heteroatoms. The maximum atomic E-state index is 10.5. The van der Waals surface area contributed by atoms with Crippen molar-refractivity contribution >= 4 is 12.1 Å². The summed E-state index contributed by atoms with van der Waals surface area (Å²) >= 11 is 0. The molecule has 0 bridgehead atoms. The van der Waals surface area contributed by atoms with Crippen molar-refractivity contribution in [1.82, 2.24) is 0 Å². The van der Waals surface area contributed by atoms with Crippen LogP contribution in [-0.4, -0.2) is 27.9 Å². The van der Waals surface area contributed by atoms with Crippen molar-refractivity contribution < 1.29 is 29.6 Å². The van der Waals surface area contributed by atoms with E-state index in [9.17, 15) is 9.59 Å². The highest BCUT2D eigenvalue weighted by molar-refractivity contribution is 5.66. The van der Waals surface area contributed by atoms with Crippen LogP contribution in [0.15, 0.2) is 0 Å². The van der Waals surface area contributed by atoms with Gasteiger partial charge in [0.2, 0.25) is 0 Å². The van der Waals surface area contributed by atoms with Gasteiger partial charge in [-0.1, -0.05) is 13.8 Å².